The molecule has 1 amide bonds. The Morgan fingerprint density at radius 3 is 2.46 bits per heavy atom. The van der Waals surface area contributed by atoms with Crippen molar-refractivity contribution in [1.29, 1.82) is 0 Å². The fourth-order valence-corrected chi connectivity index (χ4v) is 5.09. The lowest BCUT2D eigenvalue weighted by Gasteiger charge is -2.36. The molecule has 1 heterocycles. The monoisotopic (exact) mass is 486 g/mol. The van der Waals surface area contributed by atoms with E-state index in [0.717, 1.165) is 41.4 Å². The quantitative estimate of drug-likeness (QED) is 0.391. The number of aliphatic hydroxyl groups excluding tert-OH is 1. The summed E-state index contributed by atoms with van der Waals surface area (Å²) >= 11 is 0. The lowest BCUT2D eigenvalue weighted by atomic mass is 9.74. The highest BCUT2D eigenvalue weighted by molar-refractivity contribution is 6.03. The van der Waals surface area contributed by atoms with E-state index in [4.69, 9.17) is 4.74 Å². The highest BCUT2D eigenvalue weighted by Crippen LogP contribution is 2.41. The predicted octanol–water partition coefficient (Wildman–Crippen LogP) is 6.39. The fraction of sp³-hybridized carbons (Fsp3) is 0.444. The molecule has 1 aromatic heterocycles. The number of fused-ring (bicyclic) bond motifs is 1. The molecule has 8 heteroatoms. The Labute approximate surface area is 201 Å². The van der Waals surface area contributed by atoms with E-state index in [0.29, 0.717) is 37.1 Å². The maximum Gasteiger partial charge on any atom is 0.416 e. The van der Waals surface area contributed by atoms with E-state index in [1.165, 1.54) is 0 Å². The van der Waals surface area contributed by atoms with Crippen LogP contribution in [0.25, 0.3) is 10.9 Å². The smallest absolute Gasteiger partial charge is 0.416 e. The molecule has 0 unspecified atom stereocenters. The average molecular weight is 487 g/mol. The van der Waals surface area contributed by atoms with Gasteiger partial charge in [0, 0.05) is 22.5 Å². The molecule has 0 saturated heterocycles. The van der Waals surface area contributed by atoms with Crippen LogP contribution in [0.4, 0.5) is 18.9 Å². The number of ether oxygens (including phenoxy) is 1. The highest BCUT2D eigenvalue weighted by Gasteiger charge is 2.37. The predicted molar refractivity (Wildman–Crippen MR) is 127 cm³/mol. The Morgan fingerprint density at radius 2 is 1.80 bits per heavy atom. The van der Waals surface area contributed by atoms with Gasteiger partial charge in [0.05, 0.1) is 23.5 Å². The molecule has 0 radical (unpaired) electrons. The van der Waals surface area contributed by atoms with Crippen LogP contribution in [0, 0.1) is 5.41 Å². The lowest BCUT2D eigenvalue weighted by Crippen LogP contribution is -2.38. The molecule has 0 bridgehead atoms. The SMILES string of the molecule is C[C@]1(C(=O)Nc2c[nH]c3ccc(O[C@H]4C[C@H](c5ccc(C(F)(F)F)cc5)C4)cc23)CC[C@@H](O)CC1. The molecular weight excluding hydrogens is 457 g/mol. The minimum atomic E-state index is -4.32. The number of H-pyrrole nitrogens is 1. The van der Waals surface area contributed by atoms with Gasteiger partial charge in [0.2, 0.25) is 5.91 Å². The molecule has 186 valence electrons. The zero-order valence-corrected chi connectivity index (χ0v) is 19.5. The lowest BCUT2D eigenvalue weighted by molar-refractivity contribution is -0.137. The van der Waals surface area contributed by atoms with Crippen molar-refractivity contribution in [2.24, 2.45) is 5.41 Å². The normalized spacial score (nSPS) is 26.8. The number of hydrogen-bond donors (Lipinski definition) is 3. The molecule has 5 rings (SSSR count). The van der Waals surface area contributed by atoms with Gasteiger partial charge in [-0.15, -0.1) is 0 Å². The zero-order chi connectivity index (χ0) is 24.8. The number of carbonyl (C=O) groups is 1. The number of benzene rings is 2. The molecule has 0 spiro atoms. The molecule has 35 heavy (non-hydrogen) atoms. The summed E-state index contributed by atoms with van der Waals surface area (Å²) in [5, 5.41) is 13.7. The summed E-state index contributed by atoms with van der Waals surface area (Å²) in [6, 6.07) is 11.1. The Kier molecular flexibility index (Phi) is 6.03. The van der Waals surface area contributed by atoms with Crippen molar-refractivity contribution < 1.29 is 27.8 Å². The van der Waals surface area contributed by atoms with E-state index in [1.54, 1.807) is 18.3 Å². The topological polar surface area (TPSA) is 74.4 Å². The summed E-state index contributed by atoms with van der Waals surface area (Å²) in [5.74, 6) is 0.827. The van der Waals surface area contributed by atoms with Crippen molar-refractivity contribution in [1.82, 2.24) is 4.98 Å². The van der Waals surface area contributed by atoms with Crippen LogP contribution in [-0.2, 0) is 11.0 Å². The Balaban J connectivity index is 1.21. The van der Waals surface area contributed by atoms with Gasteiger partial charge in [0.1, 0.15) is 5.75 Å². The van der Waals surface area contributed by atoms with Crippen molar-refractivity contribution in [2.45, 2.75) is 69.8 Å². The summed E-state index contributed by atoms with van der Waals surface area (Å²) in [7, 11) is 0. The van der Waals surface area contributed by atoms with E-state index in [-0.39, 0.29) is 24.0 Å². The van der Waals surface area contributed by atoms with Gasteiger partial charge in [-0.3, -0.25) is 4.79 Å². The molecule has 3 aromatic rings. The van der Waals surface area contributed by atoms with Crippen LogP contribution in [0.15, 0.2) is 48.7 Å². The van der Waals surface area contributed by atoms with Gasteiger partial charge < -0.3 is 20.1 Å². The Morgan fingerprint density at radius 1 is 1.11 bits per heavy atom. The number of anilines is 1. The minimum absolute atomic E-state index is 0.00990. The Bertz CT molecular complexity index is 1200. The van der Waals surface area contributed by atoms with E-state index in [9.17, 15) is 23.1 Å². The van der Waals surface area contributed by atoms with Crippen LogP contribution >= 0.6 is 0 Å². The second-order valence-electron chi connectivity index (χ2n) is 10.2. The second-order valence-corrected chi connectivity index (χ2v) is 10.2. The van der Waals surface area contributed by atoms with Crippen LogP contribution in [0.1, 0.15) is 62.5 Å². The molecule has 0 aliphatic heterocycles. The van der Waals surface area contributed by atoms with Gasteiger partial charge in [-0.25, -0.2) is 0 Å². The first-order chi connectivity index (χ1) is 16.6. The minimum Gasteiger partial charge on any atom is -0.490 e. The number of alkyl halides is 3. The van der Waals surface area contributed by atoms with Gasteiger partial charge in [0.25, 0.3) is 0 Å². The van der Waals surface area contributed by atoms with Gasteiger partial charge in [-0.2, -0.15) is 13.2 Å². The van der Waals surface area contributed by atoms with Crippen LogP contribution < -0.4 is 10.1 Å². The number of halogens is 3. The number of aromatic amines is 1. The molecule has 5 nitrogen and oxygen atoms in total. The highest BCUT2D eigenvalue weighted by atomic mass is 19.4. The third-order valence-corrected chi connectivity index (χ3v) is 7.62. The number of rotatable bonds is 5. The first-order valence-corrected chi connectivity index (χ1v) is 12.1. The molecule has 0 atom stereocenters. The number of carbonyl (C=O) groups excluding carboxylic acids is 1. The van der Waals surface area contributed by atoms with Crippen molar-refractivity contribution in [3.05, 3.63) is 59.8 Å². The van der Waals surface area contributed by atoms with E-state index < -0.39 is 17.2 Å². The standard InChI is InChI=1S/C27H29F3N2O3/c1-26(10-8-19(33)9-11-26)25(34)32-24-15-31-23-7-6-20(14-22(23)24)35-21-12-17(13-21)16-2-4-18(5-3-16)27(28,29)30/h2-7,14-15,17,19,21,31,33H,8-13H2,1H3,(H,32,34)/t17-,19-,21-,26+. The Hall–Kier alpha value is -3.00. The molecule has 2 aliphatic rings. The summed E-state index contributed by atoms with van der Waals surface area (Å²) in [5.41, 5.74) is 1.34. The molecule has 2 aromatic carbocycles. The van der Waals surface area contributed by atoms with Crippen molar-refractivity contribution in [2.75, 3.05) is 5.32 Å². The summed E-state index contributed by atoms with van der Waals surface area (Å²) in [4.78, 5) is 16.2. The largest absolute Gasteiger partial charge is 0.490 e. The van der Waals surface area contributed by atoms with E-state index in [2.05, 4.69) is 10.3 Å². The van der Waals surface area contributed by atoms with Gasteiger partial charge in [-0.05, 0) is 80.3 Å². The zero-order valence-electron chi connectivity index (χ0n) is 19.5. The molecule has 2 fully saturated rings. The van der Waals surface area contributed by atoms with Crippen LogP contribution in [0.2, 0.25) is 0 Å². The maximum atomic E-state index is 13.0. The molecule has 3 N–H and O–H groups in total. The van der Waals surface area contributed by atoms with Crippen molar-refractivity contribution in [3.8, 4) is 5.75 Å². The first-order valence-electron chi connectivity index (χ1n) is 12.1. The number of hydrogen-bond acceptors (Lipinski definition) is 3. The average Bonchev–Trinajstić information content (AvgIpc) is 3.19. The number of aromatic nitrogens is 1. The summed E-state index contributed by atoms with van der Waals surface area (Å²) in [6.45, 7) is 1.95. The fourth-order valence-electron chi connectivity index (χ4n) is 5.09. The molecular formula is C27H29F3N2O3. The van der Waals surface area contributed by atoms with E-state index in [1.807, 2.05) is 25.1 Å². The van der Waals surface area contributed by atoms with Crippen molar-refractivity contribution in [3.63, 3.8) is 0 Å². The summed E-state index contributed by atoms with van der Waals surface area (Å²) < 4.78 is 44.5. The van der Waals surface area contributed by atoms with E-state index >= 15 is 0 Å². The van der Waals surface area contributed by atoms with Crippen molar-refractivity contribution >= 4 is 22.5 Å². The molecule has 2 aliphatic carbocycles. The molecule has 2 saturated carbocycles. The second kappa shape index (κ2) is 8.90. The van der Waals surface area contributed by atoms with Crippen LogP contribution in [-0.4, -0.2) is 28.2 Å². The maximum absolute atomic E-state index is 13.0. The van der Waals surface area contributed by atoms with Crippen LogP contribution in [0.3, 0.4) is 0 Å². The number of nitrogens with one attached hydrogen (secondary N) is 2. The third-order valence-electron chi connectivity index (χ3n) is 7.62. The van der Waals surface area contributed by atoms with Gasteiger partial charge >= 0.3 is 6.18 Å². The van der Waals surface area contributed by atoms with Gasteiger partial charge in [-0.1, -0.05) is 19.1 Å². The number of amides is 1. The van der Waals surface area contributed by atoms with Gasteiger partial charge in [0.15, 0.2) is 0 Å². The third kappa shape index (κ3) is 4.89. The van der Waals surface area contributed by atoms with Crippen LogP contribution in [0.5, 0.6) is 5.75 Å². The number of aliphatic hydroxyl groups is 1. The summed E-state index contributed by atoms with van der Waals surface area (Å²) in [6.07, 6.45) is 1.16. The first kappa shape index (κ1) is 23.7.